The number of rotatable bonds is 5. The van der Waals surface area contributed by atoms with Crippen LogP contribution in [0.5, 0.6) is 0 Å². The maximum Gasteiger partial charge on any atom is 0.255 e. The third-order valence-electron chi connectivity index (χ3n) is 4.20. The Morgan fingerprint density at radius 1 is 1.30 bits per heavy atom. The number of hydrogen-bond acceptors (Lipinski definition) is 6. The number of thioether (sulfide) groups is 1. The molecule has 0 fully saturated rings. The van der Waals surface area contributed by atoms with Gasteiger partial charge in [0.2, 0.25) is 11.1 Å². The number of anilines is 2. The van der Waals surface area contributed by atoms with Crippen molar-refractivity contribution in [2.45, 2.75) is 25.0 Å². The summed E-state index contributed by atoms with van der Waals surface area (Å²) in [7, 11) is 0. The smallest absolute Gasteiger partial charge is 0.255 e. The predicted octanol–water partition coefficient (Wildman–Crippen LogP) is 4.38. The monoisotopic (exact) mass is 397 g/mol. The number of benzene rings is 1. The molecule has 0 spiro atoms. The van der Waals surface area contributed by atoms with Crippen LogP contribution in [0.1, 0.15) is 24.8 Å². The van der Waals surface area contributed by atoms with Gasteiger partial charge in [0.05, 0.1) is 5.57 Å². The summed E-state index contributed by atoms with van der Waals surface area (Å²) in [5.74, 6) is 1.41. The Hall–Kier alpha value is -2.58. The normalized spacial score (nSPS) is 16.0. The van der Waals surface area contributed by atoms with Gasteiger partial charge in [-0.25, -0.2) is 4.68 Å². The molecule has 3 heterocycles. The number of amides is 1. The molecule has 0 aliphatic carbocycles. The van der Waals surface area contributed by atoms with E-state index in [0.717, 1.165) is 22.0 Å². The van der Waals surface area contributed by atoms with E-state index in [1.807, 2.05) is 59.5 Å². The van der Waals surface area contributed by atoms with Gasteiger partial charge >= 0.3 is 0 Å². The van der Waals surface area contributed by atoms with Gasteiger partial charge in [-0.15, -0.1) is 16.4 Å². The summed E-state index contributed by atoms with van der Waals surface area (Å²) in [6, 6.07) is 13.2. The number of carbonyl (C=O) groups is 1. The standard InChI is InChI=1S/C19H19N5OS2/c1-3-26-19-22-18-20-12(2)15(17(25)21-13-8-5-4-6-9-13)16(24(18)23-19)14-10-7-11-27-14/h4-11,16H,3H2,1-2H3,(H,21,25)(H,20,22,23). The van der Waals surface area contributed by atoms with Gasteiger partial charge in [-0.05, 0) is 36.3 Å². The minimum Gasteiger partial charge on any atom is -0.328 e. The van der Waals surface area contributed by atoms with Crippen LogP contribution in [0.2, 0.25) is 0 Å². The first-order valence-corrected chi connectivity index (χ1v) is 10.5. The molecule has 27 heavy (non-hydrogen) atoms. The number of para-hydroxylation sites is 1. The zero-order chi connectivity index (χ0) is 18.8. The van der Waals surface area contributed by atoms with Crippen LogP contribution in [0.3, 0.4) is 0 Å². The molecule has 0 radical (unpaired) electrons. The first-order valence-electron chi connectivity index (χ1n) is 8.64. The summed E-state index contributed by atoms with van der Waals surface area (Å²) >= 11 is 3.19. The fraction of sp³-hybridized carbons (Fsp3) is 0.211. The number of aromatic nitrogens is 3. The minimum absolute atomic E-state index is 0.143. The van der Waals surface area contributed by atoms with Crippen LogP contribution in [0, 0.1) is 0 Å². The Morgan fingerprint density at radius 2 is 2.11 bits per heavy atom. The molecule has 1 unspecified atom stereocenters. The molecule has 4 rings (SSSR count). The van der Waals surface area contributed by atoms with E-state index in [4.69, 9.17) is 0 Å². The molecule has 1 amide bonds. The Morgan fingerprint density at radius 3 is 2.81 bits per heavy atom. The molecular formula is C19H19N5OS2. The van der Waals surface area contributed by atoms with Crippen LogP contribution in [0.15, 0.2) is 64.3 Å². The van der Waals surface area contributed by atoms with Crippen molar-refractivity contribution in [1.29, 1.82) is 0 Å². The zero-order valence-corrected chi connectivity index (χ0v) is 16.6. The molecule has 2 aromatic heterocycles. The zero-order valence-electron chi connectivity index (χ0n) is 15.0. The Balaban J connectivity index is 1.75. The van der Waals surface area contributed by atoms with Crippen LogP contribution >= 0.6 is 23.1 Å². The lowest BCUT2D eigenvalue weighted by Gasteiger charge is -2.27. The van der Waals surface area contributed by atoms with E-state index in [1.165, 1.54) is 0 Å². The molecule has 0 saturated heterocycles. The molecule has 1 aromatic carbocycles. The maximum absolute atomic E-state index is 13.2. The Kier molecular flexibility index (Phi) is 5.00. The van der Waals surface area contributed by atoms with E-state index in [9.17, 15) is 4.79 Å². The average molecular weight is 398 g/mol. The maximum atomic E-state index is 13.2. The topological polar surface area (TPSA) is 71.8 Å². The fourth-order valence-electron chi connectivity index (χ4n) is 3.05. The summed E-state index contributed by atoms with van der Waals surface area (Å²) in [6.07, 6.45) is 0. The van der Waals surface area contributed by atoms with Crippen LogP contribution in [-0.2, 0) is 4.79 Å². The second kappa shape index (κ2) is 7.58. The van der Waals surface area contributed by atoms with E-state index in [2.05, 4.69) is 27.6 Å². The number of fused-ring (bicyclic) bond motifs is 1. The summed E-state index contributed by atoms with van der Waals surface area (Å²) in [6.45, 7) is 3.97. The lowest BCUT2D eigenvalue weighted by atomic mass is 10.0. The number of nitrogens with zero attached hydrogens (tertiary/aromatic N) is 3. The van der Waals surface area contributed by atoms with Gasteiger partial charge in [-0.2, -0.15) is 4.98 Å². The second-order valence-electron chi connectivity index (χ2n) is 6.00. The van der Waals surface area contributed by atoms with Crippen LogP contribution < -0.4 is 10.6 Å². The number of allylic oxidation sites excluding steroid dienone is 1. The van der Waals surface area contributed by atoms with Gasteiger partial charge in [0.15, 0.2) is 0 Å². The number of nitrogens with one attached hydrogen (secondary N) is 2. The lowest BCUT2D eigenvalue weighted by molar-refractivity contribution is -0.113. The quantitative estimate of drug-likeness (QED) is 0.625. The third kappa shape index (κ3) is 3.50. The van der Waals surface area contributed by atoms with Crippen molar-refractivity contribution < 1.29 is 4.79 Å². The van der Waals surface area contributed by atoms with E-state index in [1.54, 1.807) is 23.1 Å². The van der Waals surface area contributed by atoms with E-state index in [-0.39, 0.29) is 11.9 Å². The van der Waals surface area contributed by atoms with Gasteiger partial charge in [0, 0.05) is 16.3 Å². The van der Waals surface area contributed by atoms with Crippen molar-refractivity contribution in [3.63, 3.8) is 0 Å². The highest BCUT2D eigenvalue weighted by Gasteiger charge is 2.34. The minimum atomic E-state index is -0.302. The average Bonchev–Trinajstić information content (AvgIpc) is 3.31. The van der Waals surface area contributed by atoms with Crippen molar-refractivity contribution >= 4 is 40.6 Å². The molecule has 2 N–H and O–H groups in total. The van der Waals surface area contributed by atoms with E-state index in [0.29, 0.717) is 16.7 Å². The highest BCUT2D eigenvalue weighted by atomic mass is 32.2. The molecule has 0 saturated carbocycles. The van der Waals surface area contributed by atoms with Gasteiger partial charge in [-0.1, -0.05) is 43.0 Å². The predicted molar refractivity (Wildman–Crippen MR) is 110 cm³/mol. The molecule has 8 heteroatoms. The van der Waals surface area contributed by atoms with Crippen molar-refractivity contribution in [2.24, 2.45) is 0 Å². The van der Waals surface area contributed by atoms with Gasteiger partial charge in [-0.3, -0.25) is 4.79 Å². The van der Waals surface area contributed by atoms with E-state index < -0.39 is 0 Å². The van der Waals surface area contributed by atoms with Gasteiger partial charge < -0.3 is 10.6 Å². The summed E-state index contributed by atoms with van der Waals surface area (Å²) in [5.41, 5.74) is 2.20. The highest BCUT2D eigenvalue weighted by Crippen LogP contribution is 2.38. The van der Waals surface area contributed by atoms with Crippen LogP contribution in [0.4, 0.5) is 11.6 Å². The van der Waals surface area contributed by atoms with Crippen molar-refractivity contribution in [3.05, 3.63) is 64.0 Å². The molecule has 1 aliphatic heterocycles. The van der Waals surface area contributed by atoms with Crippen molar-refractivity contribution in [3.8, 4) is 0 Å². The van der Waals surface area contributed by atoms with Gasteiger partial charge in [0.1, 0.15) is 6.04 Å². The first kappa shape index (κ1) is 17.8. The fourth-order valence-corrected chi connectivity index (χ4v) is 4.42. The molecular weight excluding hydrogens is 378 g/mol. The van der Waals surface area contributed by atoms with E-state index >= 15 is 0 Å². The van der Waals surface area contributed by atoms with Gasteiger partial charge in [0.25, 0.3) is 5.91 Å². The number of carbonyl (C=O) groups excluding carboxylic acids is 1. The molecule has 1 atom stereocenters. The molecule has 3 aromatic rings. The molecule has 138 valence electrons. The highest BCUT2D eigenvalue weighted by molar-refractivity contribution is 7.99. The summed E-state index contributed by atoms with van der Waals surface area (Å²) in [5, 5.41) is 13.6. The first-order chi connectivity index (χ1) is 13.2. The summed E-state index contributed by atoms with van der Waals surface area (Å²) < 4.78 is 1.82. The SMILES string of the molecule is CCSc1nc2n(n1)C(c1cccs1)C(C(=O)Nc1ccccc1)=C(C)N2. The number of thiophene rings is 1. The number of hydrogen-bond donors (Lipinski definition) is 2. The van der Waals surface area contributed by atoms with Crippen LogP contribution in [-0.4, -0.2) is 26.4 Å². The Labute approximate surface area is 165 Å². The lowest BCUT2D eigenvalue weighted by Crippen LogP contribution is -2.31. The van der Waals surface area contributed by atoms with Crippen molar-refractivity contribution in [2.75, 3.05) is 16.4 Å². The molecule has 6 nitrogen and oxygen atoms in total. The Bertz CT molecular complexity index is 979. The van der Waals surface area contributed by atoms with Crippen LogP contribution in [0.25, 0.3) is 0 Å². The summed E-state index contributed by atoms with van der Waals surface area (Å²) in [4.78, 5) is 18.8. The molecule has 1 aliphatic rings. The largest absolute Gasteiger partial charge is 0.328 e. The van der Waals surface area contributed by atoms with Crippen molar-refractivity contribution in [1.82, 2.24) is 14.8 Å². The third-order valence-corrected chi connectivity index (χ3v) is 5.84. The second-order valence-corrected chi connectivity index (χ2v) is 8.21. The molecule has 0 bridgehead atoms.